The van der Waals surface area contributed by atoms with E-state index < -0.39 is 81.2 Å². The van der Waals surface area contributed by atoms with Crippen molar-refractivity contribution >= 4 is 39.7 Å². The molecule has 1 heterocycles. The van der Waals surface area contributed by atoms with E-state index in [1.165, 1.54) is 45.1 Å². The molecule has 2 aliphatic rings. The molecule has 0 aromatic carbocycles. The second-order valence-corrected chi connectivity index (χ2v) is 18.6. The van der Waals surface area contributed by atoms with Crippen molar-refractivity contribution in [3.8, 4) is 0 Å². The molecule has 1 fully saturated rings. The quantitative estimate of drug-likeness (QED) is 0.158. The average molecular weight is 813 g/mol. The Labute approximate surface area is 334 Å². The molecule has 7 atom stereocenters. The highest BCUT2D eigenvalue weighted by Crippen LogP contribution is 2.30. The summed E-state index contributed by atoms with van der Waals surface area (Å²) in [5, 5.41) is 5.41. The van der Waals surface area contributed by atoms with E-state index in [1.54, 1.807) is 53.5 Å². The van der Waals surface area contributed by atoms with Gasteiger partial charge in [-0.25, -0.2) is 17.9 Å². The van der Waals surface area contributed by atoms with Gasteiger partial charge in [0.2, 0.25) is 23.6 Å². The van der Waals surface area contributed by atoms with Crippen molar-refractivity contribution in [3.63, 3.8) is 0 Å². The third kappa shape index (κ3) is 12.9. The lowest BCUT2D eigenvalue weighted by Crippen LogP contribution is -2.62. The molecule has 320 valence electrons. The van der Waals surface area contributed by atoms with Gasteiger partial charge in [-0.2, -0.15) is 0 Å². The summed E-state index contributed by atoms with van der Waals surface area (Å²) < 4.78 is 45.3. The molecule has 5 N–H and O–H groups in total. The topological polar surface area (TPSA) is 216 Å². The highest BCUT2D eigenvalue weighted by atomic mass is 32.2. The van der Waals surface area contributed by atoms with Crippen LogP contribution in [-0.2, 0) is 43.4 Å². The largest absolute Gasteiger partial charge is 0.444 e. The molecule has 16 nitrogen and oxygen atoms in total. The number of ether oxygens (including phenoxy) is 3. The number of likely N-dealkylation sites (N-methyl/N-ethyl adjacent to an activating group) is 1. The summed E-state index contributed by atoms with van der Waals surface area (Å²) in [5.74, 6) is -3.39. The molecular formula is C39H68N6O10S. The summed E-state index contributed by atoms with van der Waals surface area (Å²) in [6.45, 7) is 17.7. The van der Waals surface area contributed by atoms with Gasteiger partial charge in [-0.15, -0.1) is 0 Å². The molecule has 2 rings (SSSR count). The third-order valence-corrected chi connectivity index (χ3v) is 12.1. The molecule has 5 amide bonds. The van der Waals surface area contributed by atoms with E-state index in [4.69, 9.17) is 19.9 Å². The maximum absolute atomic E-state index is 14.3. The third-order valence-electron chi connectivity index (χ3n) is 10.6. The Morgan fingerprint density at radius 2 is 1.62 bits per heavy atom. The van der Waals surface area contributed by atoms with Gasteiger partial charge in [0.1, 0.15) is 17.2 Å². The van der Waals surface area contributed by atoms with Gasteiger partial charge in [0.15, 0.2) is 0 Å². The molecular weight excluding hydrogens is 745 g/mol. The number of nitrogens with two attached hydrogens (primary N) is 1. The van der Waals surface area contributed by atoms with E-state index in [0.29, 0.717) is 37.9 Å². The maximum atomic E-state index is 14.3. The smallest absolute Gasteiger partial charge is 0.408 e. The van der Waals surface area contributed by atoms with E-state index >= 15 is 0 Å². The van der Waals surface area contributed by atoms with Crippen LogP contribution in [0.15, 0.2) is 22.8 Å². The molecule has 0 radical (unpaired) electrons. The summed E-state index contributed by atoms with van der Waals surface area (Å²) in [6.07, 6.45) is 2.83. The van der Waals surface area contributed by atoms with Crippen molar-refractivity contribution in [1.29, 1.82) is 0 Å². The molecule has 1 aliphatic heterocycles. The highest BCUT2D eigenvalue weighted by molar-refractivity contribution is 7.93. The van der Waals surface area contributed by atoms with Crippen molar-refractivity contribution in [2.24, 2.45) is 23.5 Å². The number of allylic oxidation sites excluding steroid dienone is 4. The standard InChI is InChI=1S/C39H68N6O10S/c1-14-24(4)32(44(11)35(48)31(23(2)3)41-36(49)39(9,10)42-37(50)55-38(6,7)8)29(53-12)22-30(46)45-21-15-16-28(45)33(54-13)25(5)34(47)43-56(51,52)27-19-17-26(40)18-20-27/h17,19,23-25,28-29,31-33H,14-16,18,20-22,40H2,1-13H3,(H,41,49)(H,42,50)(H,43,47)/t24-,25+,28-,29+,31-,32-,33+/m0/s1. The van der Waals surface area contributed by atoms with E-state index in [0.717, 1.165) is 0 Å². The lowest BCUT2D eigenvalue weighted by Gasteiger charge is -2.41. The van der Waals surface area contributed by atoms with Gasteiger partial charge in [0.25, 0.3) is 10.0 Å². The number of likely N-dealkylation sites (tertiary alicyclic amines) is 1. The lowest BCUT2D eigenvalue weighted by molar-refractivity contribution is -0.147. The van der Waals surface area contributed by atoms with Crippen LogP contribution in [0.3, 0.4) is 0 Å². The van der Waals surface area contributed by atoms with Gasteiger partial charge in [0.05, 0.1) is 41.5 Å². The predicted molar refractivity (Wildman–Crippen MR) is 213 cm³/mol. The molecule has 0 unspecified atom stereocenters. The van der Waals surface area contributed by atoms with Crippen molar-refractivity contribution in [2.45, 2.75) is 149 Å². The summed E-state index contributed by atoms with van der Waals surface area (Å²) in [7, 11) is 0.433. The van der Waals surface area contributed by atoms with Gasteiger partial charge in [-0.05, 0) is 84.3 Å². The van der Waals surface area contributed by atoms with Crippen LogP contribution in [0.5, 0.6) is 0 Å². The van der Waals surface area contributed by atoms with Crippen LogP contribution in [0.25, 0.3) is 0 Å². The minimum atomic E-state index is -4.11. The van der Waals surface area contributed by atoms with Crippen molar-refractivity contribution in [2.75, 3.05) is 27.8 Å². The van der Waals surface area contributed by atoms with E-state index in [-0.39, 0.29) is 35.5 Å². The van der Waals surface area contributed by atoms with Crippen LogP contribution in [-0.4, -0.2) is 117 Å². The number of sulfonamides is 1. The van der Waals surface area contributed by atoms with Gasteiger partial charge in [-0.3, -0.25) is 19.2 Å². The molecule has 56 heavy (non-hydrogen) atoms. The predicted octanol–water partition coefficient (Wildman–Crippen LogP) is 3.32. The van der Waals surface area contributed by atoms with Crippen LogP contribution in [0.4, 0.5) is 4.79 Å². The number of carbonyl (C=O) groups excluding carboxylic acids is 5. The Bertz CT molecular complexity index is 1590. The van der Waals surface area contributed by atoms with Crippen LogP contribution in [0, 0.1) is 17.8 Å². The maximum Gasteiger partial charge on any atom is 0.408 e. The number of nitrogens with one attached hydrogen (secondary N) is 3. The number of hydrogen-bond acceptors (Lipinski definition) is 11. The SMILES string of the molecule is CC[C@H](C)[C@@H]([C@@H](CC(=O)N1CCC[C@H]1[C@H](OC)[C@@H](C)C(=O)NS(=O)(=O)C1=CC=C(N)CC1)OC)N(C)C(=O)[C@@H](NC(=O)C(C)(C)NC(=O)OC(C)(C)C)C(C)C. The van der Waals surface area contributed by atoms with Crippen molar-refractivity contribution in [3.05, 3.63) is 22.8 Å². The minimum Gasteiger partial charge on any atom is -0.444 e. The number of rotatable bonds is 18. The molecule has 17 heteroatoms. The number of alkyl carbamates (subject to hydrolysis) is 1. The molecule has 0 saturated carbocycles. The van der Waals surface area contributed by atoms with E-state index in [9.17, 15) is 32.4 Å². The van der Waals surface area contributed by atoms with Crippen molar-refractivity contribution < 1.29 is 46.6 Å². The first-order valence-electron chi connectivity index (χ1n) is 19.5. The van der Waals surface area contributed by atoms with Crippen LogP contribution in [0.1, 0.15) is 108 Å². The monoisotopic (exact) mass is 812 g/mol. The van der Waals surface area contributed by atoms with Gasteiger partial charge in [0, 0.05) is 33.5 Å². The van der Waals surface area contributed by atoms with E-state index in [2.05, 4.69) is 15.4 Å². The molecule has 0 bridgehead atoms. The van der Waals surface area contributed by atoms with Crippen molar-refractivity contribution in [1.82, 2.24) is 25.2 Å². The first-order valence-corrected chi connectivity index (χ1v) is 21.0. The summed E-state index contributed by atoms with van der Waals surface area (Å²) in [4.78, 5) is 71.0. The van der Waals surface area contributed by atoms with E-state index in [1.807, 2.05) is 13.8 Å². The Kier molecular flexibility index (Phi) is 17.4. The summed E-state index contributed by atoms with van der Waals surface area (Å²) in [5.41, 5.74) is 4.13. The Morgan fingerprint density at radius 1 is 1.00 bits per heavy atom. The van der Waals surface area contributed by atoms with Gasteiger partial charge < -0.3 is 40.4 Å². The molecule has 1 saturated heterocycles. The Hall–Kier alpha value is -3.70. The number of nitrogens with zero attached hydrogens (tertiary/aromatic N) is 2. The zero-order valence-electron chi connectivity index (χ0n) is 35.7. The zero-order valence-corrected chi connectivity index (χ0v) is 36.5. The number of amides is 5. The first-order chi connectivity index (χ1) is 25.8. The number of carbonyl (C=O) groups is 5. The fraction of sp³-hybridized carbons (Fsp3) is 0.769. The van der Waals surface area contributed by atoms with Crippen LogP contribution < -0.4 is 21.1 Å². The average Bonchev–Trinajstić information content (AvgIpc) is 3.58. The zero-order chi connectivity index (χ0) is 42.9. The minimum absolute atomic E-state index is 0.0601. The van der Waals surface area contributed by atoms with Crippen LogP contribution in [0.2, 0.25) is 0 Å². The fourth-order valence-corrected chi connectivity index (χ4v) is 8.33. The fourth-order valence-electron chi connectivity index (χ4n) is 7.13. The highest BCUT2D eigenvalue weighted by Gasteiger charge is 2.44. The van der Waals surface area contributed by atoms with Crippen LogP contribution >= 0.6 is 0 Å². The van der Waals surface area contributed by atoms with Gasteiger partial charge >= 0.3 is 6.09 Å². The molecule has 0 aromatic rings. The Balaban J connectivity index is 2.27. The normalized spacial score (nSPS) is 19.8. The summed E-state index contributed by atoms with van der Waals surface area (Å²) >= 11 is 0. The van der Waals surface area contributed by atoms with Gasteiger partial charge in [-0.1, -0.05) is 41.0 Å². The molecule has 0 spiro atoms. The second-order valence-electron chi connectivity index (χ2n) is 16.9. The molecule has 1 aliphatic carbocycles. The first kappa shape index (κ1) is 48.4. The lowest BCUT2D eigenvalue weighted by atomic mass is 9.89. The Morgan fingerprint density at radius 3 is 2.12 bits per heavy atom. The number of hydrogen-bond donors (Lipinski definition) is 4. The summed E-state index contributed by atoms with van der Waals surface area (Å²) in [6, 6.07) is -2.08. The molecule has 0 aromatic heterocycles. The second kappa shape index (κ2) is 20.1. The number of methoxy groups -OCH3 is 2.